The van der Waals surface area contributed by atoms with Crippen molar-refractivity contribution in [2.24, 2.45) is 11.7 Å². The van der Waals surface area contributed by atoms with Crippen molar-refractivity contribution in [2.45, 2.75) is 26.3 Å². The van der Waals surface area contributed by atoms with Gasteiger partial charge in [-0.15, -0.1) is 0 Å². The highest BCUT2D eigenvalue weighted by molar-refractivity contribution is 7.99. The monoisotopic (exact) mass is 261 g/mol. The molecule has 0 saturated heterocycles. The SMILES string of the molecule is CNC(CSCCC(C)C)C(=O)NCC(N)=O. The molecule has 0 aromatic heterocycles. The molecule has 0 aromatic rings. The molecule has 0 spiro atoms. The number of primary amides is 1. The second kappa shape index (κ2) is 9.30. The van der Waals surface area contributed by atoms with Crippen molar-refractivity contribution in [1.82, 2.24) is 10.6 Å². The van der Waals surface area contributed by atoms with E-state index in [1.165, 1.54) is 0 Å². The summed E-state index contributed by atoms with van der Waals surface area (Å²) in [7, 11) is 1.73. The first-order valence-corrected chi connectivity index (χ1v) is 6.93. The lowest BCUT2D eigenvalue weighted by Gasteiger charge is -2.15. The van der Waals surface area contributed by atoms with Crippen molar-refractivity contribution in [3.05, 3.63) is 0 Å². The number of rotatable bonds is 9. The van der Waals surface area contributed by atoms with Gasteiger partial charge in [0, 0.05) is 5.75 Å². The van der Waals surface area contributed by atoms with Gasteiger partial charge < -0.3 is 16.4 Å². The molecule has 1 atom stereocenters. The van der Waals surface area contributed by atoms with E-state index in [0.29, 0.717) is 11.7 Å². The molecule has 0 bridgehead atoms. The lowest BCUT2D eigenvalue weighted by molar-refractivity contribution is -0.125. The number of carbonyl (C=O) groups excluding carboxylic acids is 2. The van der Waals surface area contributed by atoms with Crippen molar-refractivity contribution in [3.63, 3.8) is 0 Å². The van der Waals surface area contributed by atoms with Gasteiger partial charge in [-0.1, -0.05) is 13.8 Å². The number of amides is 2. The third kappa shape index (κ3) is 9.00. The minimum Gasteiger partial charge on any atom is -0.368 e. The van der Waals surface area contributed by atoms with E-state index < -0.39 is 5.91 Å². The van der Waals surface area contributed by atoms with Crippen LogP contribution in [0.3, 0.4) is 0 Å². The van der Waals surface area contributed by atoms with E-state index in [-0.39, 0.29) is 18.5 Å². The summed E-state index contributed by atoms with van der Waals surface area (Å²) in [5.74, 6) is 1.72. The second-order valence-electron chi connectivity index (χ2n) is 4.28. The topological polar surface area (TPSA) is 84.2 Å². The van der Waals surface area contributed by atoms with Crippen molar-refractivity contribution in [1.29, 1.82) is 0 Å². The fraction of sp³-hybridized carbons (Fsp3) is 0.818. The lowest BCUT2D eigenvalue weighted by Crippen LogP contribution is -2.46. The molecule has 5 nitrogen and oxygen atoms in total. The molecule has 0 aromatic carbocycles. The second-order valence-corrected chi connectivity index (χ2v) is 5.43. The first kappa shape index (κ1) is 16.2. The molecule has 0 saturated carbocycles. The van der Waals surface area contributed by atoms with Crippen LogP contribution in [0.4, 0.5) is 0 Å². The van der Waals surface area contributed by atoms with Gasteiger partial charge in [-0.25, -0.2) is 0 Å². The Hall–Kier alpha value is -0.750. The number of nitrogens with two attached hydrogens (primary N) is 1. The Morgan fingerprint density at radius 3 is 2.47 bits per heavy atom. The van der Waals surface area contributed by atoms with Gasteiger partial charge in [0.15, 0.2) is 0 Å². The molecule has 0 aliphatic heterocycles. The first-order valence-electron chi connectivity index (χ1n) is 5.78. The van der Waals surface area contributed by atoms with Crippen LogP contribution in [0.25, 0.3) is 0 Å². The largest absolute Gasteiger partial charge is 0.368 e. The van der Waals surface area contributed by atoms with Gasteiger partial charge in [-0.05, 0) is 25.1 Å². The fourth-order valence-electron chi connectivity index (χ4n) is 1.11. The number of nitrogens with one attached hydrogen (secondary N) is 2. The van der Waals surface area contributed by atoms with Gasteiger partial charge >= 0.3 is 0 Å². The molecule has 0 radical (unpaired) electrons. The molecule has 0 aliphatic carbocycles. The summed E-state index contributed by atoms with van der Waals surface area (Å²) in [5.41, 5.74) is 4.96. The van der Waals surface area contributed by atoms with Gasteiger partial charge in [-0.3, -0.25) is 9.59 Å². The Morgan fingerprint density at radius 2 is 2.00 bits per heavy atom. The van der Waals surface area contributed by atoms with Gasteiger partial charge in [0.2, 0.25) is 11.8 Å². The standard InChI is InChI=1S/C11H23N3O2S/c1-8(2)4-5-17-7-9(13-3)11(16)14-6-10(12)15/h8-9,13H,4-7H2,1-3H3,(H2,12,15)(H,14,16). The molecular formula is C11H23N3O2S. The average Bonchev–Trinajstić information content (AvgIpc) is 2.25. The summed E-state index contributed by atoms with van der Waals surface area (Å²) in [6, 6.07) is -0.272. The van der Waals surface area contributed by atoms with Crippen LogP contribution in [0.5, 0.6) is 0 Å². The van der Waals surface area contributed by atoms with Crippen LogP contribution in [0.15, 0.2) is 0 Å². The third-order valence-corrected chi connectivity index (χ3v) is 3.32. The van der Waals surface area contributed by atoms with Crippen LogP contribution in [-0.4, -0.2) is 43.0 Å². The smallest absolute Gasteiger partial charge is 0.238 e. The summed E-state index contributed by atoms with van der Waals surface area (Å²) in [6.07, 6.45) is 1.14. The molecule has 0 heterocycles. The number of hydrogen-bond donors (Lipinski definition) is 3. The summed E-state index contributed by atoms with van der Waals surface area (Å²) < 4.78 is 0. The molecule has 6 heteroatoms. The van der Waals surface area contributed by atoms with Gasteiger partial charge in [0.25, 0.3) is 0 Å². The van der Waals surface area contributed by atoms with Crippen LogP contribution in [-0.2, 0) is 9.59 Å². The van der Waals surface area contributed by atoms with E-state index in [1.807, 2.05) is 0 Å². The van der Waals surface area contributed by atoms with Crippen molar-refractivity contribution in [3.8, 4) is 0 Å². The molecular weight excluding hydrogens is 238 g/mol. The Morgan fingerprint density at radius 1 is 1.35 bits per heavy atom. The van der Waals surface area contributed by atoms with E-state index in [9.17, 15) is 9.59 Å². The van der Waals surface area contributed by atoms with Crippen molar-refractivity contribution in [2.75, 3.05) is 25.1 Å². The number of hydrogen-bond acceptors (Lipinski definition) is 4. The van der Waals surface area contributed by atoms with E-state index in [1.54, 1.807) is 18.8 Å². The van der Waals surface area contributed by atoms with Crippen LogP contribution in [0, 0.1) is 5.92 Å². The lowest BCUT2D eigenvalue weighted by atomic mass is 10.2. The van der Waals surface area contributed by atoms with Gasteiger partial charge in [0.1, 0.15) is 0 Å². The van der Waals surface area contributed by atoms with Crippen LogP contribution >= 0.6 is 11.8 Å². The Labute approximate surface area is 107 Å². The highest BCUT2D eigenvalue weighted by atomic mass is 32.2. The van der Waals surface area contributed by atoms with Crippen LogP contribution in [0.1, 0.15) is 20.3 Å². The van der Waals surface area contributed by atoms with Crippen molar-refractivity contribution >= 4 is 23.6 Å². The molecule has 100 valence electrons. The normalized spacial score (nSPS) is 12.5. The molecule has 0 rings (SSSR count). The third-order valence-electron chi connectivity index (χ3n) is 2.23. The summed E-state index contributed by atoms with van der Waals surface area (Å²) in [6.45, 7) is 4.25. The Kier molecular flexibility index (Phi) is 8.89. The predicted molar refractivity (Wildman–Crippen MR) is 71.8 cm³/mol. The predicted octanol–water partition coefficient (Wildman–Crippen LogP) is -0.0448. The molecule has 2 amide bonds. The quantitative estimate of drug-likeness (QED) is 0.508. The van der Waals surface area contributed by atoms with E-state index in [0.717, 1.165) is 12.2 Å². The minimum absolute atomic E-state index is 0.103. The zero-order valence-corrected chi connectivity index (χ0v) is 11.6. The van der Waals surface area contributed by atoms with Crippen LogP contribution < -0.4 is 16.4 Å². The summed E-state index contributed by atoms with van der Waals surface area (Å²) in [4.78, 5) is 22.1. The Balaban J connectivity index is 3.81. The minimum atomic E-state index is -0.527. The summed E-state index contributed by atoms with van der Waals surface area (Å²) >= 11 is 1.74. The van der Waals surface area contributed by atoms with E-state index in [2.05, 4.69) is 24.5 Å². The Bertz CT molecular complexity index is 247. The van der Waals surface area contributed by atoms with E-state index in [4.69, 9.17) is 5.73 Å². The first-order chi connectivity index (χ1) is 7.97. The highest BCUT2D eigenvalue weighted by Gasteiger charge is 2.16. The molecule has 0 fully saturated rings. The number of thioether (sulfide) groups is 1. The maximum atomic E-state index is 11.6. The maximum absolute atomic E-state index is 11.6. The molecule has 17 heavy (non-hydrogen) atoms. The molecule has 0 aliphatic rings. The maximum Gasteiger partial charge on any atom is 0.238 e. The van der Waals surface area contributed by atoms with E-state index >= 15 is 0 Å². The van der Waals surface area contributed by atoms with Gasteiger partial charge in [0.05, 0.1) is 12.6 Å². The summed E-state index contributed by atoms with van der Waals surface area (Å²) in [5, 5.41) is 5.42. The van der Waals surface area contributed by atoms with Crippen LogP contribution in [0.2, 0.25) is 0 Å². The molecule has 4 N–H and O–H groups in total. The molecule has 1 unspecified atom stereocenters. The zero-order valence-electron chi connectivity index (χ0n) is 10.8. The zero-order chi connectivity index (χ0) is 13.3. The van der Waals surface area contributed by atoms with Gasteiger partial charge in [-0.2, -0.15) is 11.8 Å². The highest BCUT2D eigenvalue weighted by Crippen LogP contribution is 2.09. The average molecular weight is 261 g/mol. The number of carbonyl (C=O) groups is 2. The number of likely N-dealkylation sites (N-methyl/N-ethyl adjacent to an activating group) is 1. The fourth-order valence-corrected chi connectivity index (χ4v) is 2.47. The van der Waals surface area contributed by atoms with Crippen molar-refractivity contribution < 1.29 is 9.59 Å².